The molecule has 0 amide bonds. The van der Waals surface area contributed by atoms with E-state index in [1.807, 2.05) is 12.1 Å². The Morgan fingerprint density at radius 1 is 1.03 bits per heavy atom. The first-order chi connectivity index (χ1) is 14.5. The number of halogens is 1. The van der Waals surface area contributed by atoms with Gasteiger partial charge >= 0.3 is 0 Å². The average Bonchev–Trinajstić information content (AvgIpc) is 3.23. The number of sulfonamides is 1. The van der Waals surface area contributed by atoms with Crippen molar-refractivity contribution in [2.45, 2.75) is 11.4 Å². The van der Waals surface area contributed by atoms with Gasteiger partial charge in [-0.2, -0.15) is 9.29 Å². The fraction of sp³-hybridized carbons (Fsp3) is 0.300. The van der Waals surface area contributed by atoms with Crippen LogP contribution in [-0.2, 0) is 16.6 Å². The van der Waals surface area contributed by atoms with Crippen LogP contribution in [0.1, 0.15) is 5.89 Å². The normalized spacial score (nSPS) is 15.9. The maximum atomic E-state index is 12.9. The molecule has 1 aliphatic heterocycles. The van der Waals surface area contributed by atoms with Crippen LogP contribution in [0.2, 0.25) is 5.02 Å². The molecular formula is C20H21ClN4O4S. The number of ether oxygens (including phenoxy) is 1. The second-order valence-electron chi connectivity index (χ2n) is 6.87. The lowest BCUT2D eigenvalue weighted by atomic mass is 10.2. The van der Waals surface area contributed by atoms with Gasteiger partial charge in [-0.3, -0.25) is 4.90 Å². The highest BCUT2D eigenvalue weighted by Crippen LogP contribution is 2.22. The van der Waals surface area contributed by atoms with Crippen molar-refractivity contribution in [3.8, 4) is 17.1 Å². The molecule has 0 spiro atoms. The molecular weight excluding hydrogens is 428 g/mol. The Morgan fingerprint density at radius 3 is 2.33 bits per heavy atom. The van der Waals surface area contributed by atoms with Crippen molar-refractivity contribution in [2.24, 2.45) is 0 Å². The molecule has 0 atom stereocenters. The number of aromatic nitrogens is 2. The van der Waals surface area contributed by atoms with Gasteiger partial charge in [-0.25, -0.2) is 8.42 Å². The standard InChI is InChI=1S/C20H21ClN4O4S/c1-28-17-6-8-18(9-7-17)30(26,27)25-12-10-24(11-13-25)14-19-22-20(23-29-19)15-2-4-16(21)5-3-15/h2-9H,10-14H2,1H3. The molecule has 8 nitrogen and oxygen atoms in total. The van der Waals surface area contributed by atoms with E-state index in [0.717, 1.165) is 5.56 Å². The lowest BCUT2D eigenvalue weighted by Crippen LogP contribution is -2.48. The number of hydrogen-bond acceptors (Lipinski definition) is 7. The second-order valence-corrected chi connectivity index (χ2v) is 9.25. The molecule has 1 saturated heterocycles. The summed E-state index contributed by atoms with van der Waals surface area (Å²) >= 11 is 5.91. The van der Waals surface area contributed by atoms with E-state index < -0.39 is 10.0 Å². The van der Waals surface area contributed by atoms with Gasteiger partial charge in [0.05, 0.1) is 18.6 Å². The molecule has 10 heteroatoms. The lowest BCUT2D eigenvalue weighted by Gasteiger charge is -2.33. The molecule has 1 aromatic heterocycles. The Kier molecular flexibility index (Phi) is 6.05. The van der Waals surface area contributed by atoms with Gasteiger partial charge in [-0.1, -0.05) is 16.8 Å². The molecule has 158 valence electrons. The van der Waals surface area contributed by atoms with Crippen LogP contribution in [0.3, 0.4) is 0 Å². The third-order valence-corrected chi connectivity index (χ3v) is 7.12. The molecule has 1 fully saturated rings. The Hall–Kier alpha value is -2.46. The highest BCUT2D eigenvalue weighted by molar-refractivity contribution is 7.89. The van der Waals surface area contributed by atoms with Crippen molar-refractivity contribution < 1.29 is 17.7 Å². The number of piperazine rings is 1. The smallest absolute Gasteiger partial charge is 0.243 e. The largest absolute Gasteiger partial charge is 0.497 e. The molecule has 1 aliphatic rings. The van der Waals surface area contributed by atoms with E-state index in [0.29, 0.717) is 55.2 Å². The van der Waals surface area contributed by atoms with Crippen molar-refractivity contribution in [3.63, 3.8) is 0 Å². The third-order valence-electron chi connectivity index (χ3n) is 4.96. The van der Waals surface area contributed by atoms with Crippen LogP contribution in [-0.4, -0.2) is 61.1 Å². The number of rotatable bonds is 6. The molecule has 0 N–H and O–H groups in total. The Balaban J connectivity index is 1.36. The molecule has 0 unspecified atom stereocenters. The summed E-state index contributed by atoms with van der Waals surface area (Å²) in [4.78, 5) is 6.79. The lowest BCUT2D eigenvalue weighted by molar-refractivity contribution is 0.163. The molecule has 0 bridgehead atoms. The minimum atomic E-state index is -3.53. The summed E-state index contributed by atoms with van der Waals surface area (Å²) in [5, 5.41) is 4.66. The molecule has 4 rings (SSSR count). The van der Waals surface area contributed by atoms with Crippen LogP contribution in [0, 0.1) is 0 Å². The molecule has 2 aromatic carbocycles. The van der Waals surface area contributed by atoms with Crippen LogP contribution in [0.4, 0.5) is 0 Å². The van der Waals surface area contributed by atoms with E-state index in [-0.39, 0.29) is 4.90 Å². The maximum absolute atomic E-state index is 12.9. The van der Waals surface area contributed by atoms with E-state index in [4.69, 9.17) is 20.9 Å². The van der Waals surface area contributed by atoms with E-state index in [2.05, 4.69) is 15.0 Å². The SMILES string of the molecule is COc1ccc(S(=O)(=O)N2CCN(Cc3nc(-c4ccc(Cl)cc4)no3)CC2)cc1. The molecule has 30 heavy (non-hydrogen) atoms. The second kappa shape index (κ2) is 8.73. The van der Waals surface area contributed by atoms with Gasteiger partial charge in [0.2, 0.25) is 21.7 Å². The van der Waals surface area contributed by atoms with Gasteiger partial charge in [0.25, 0.3) is 0 Å². The van der Waals surface area contributed by atoms with Crippen LogP contribution >= 0.6 is 11.6 Å². The quantitative estimate of drug-likeness (QED) is 0.572. The van der Waals surface area contributed by atoms with Crippen LogP contribution in [0.25, 0.3) is 11.4 Å². The maximum Gasteiger partial charge on any atom is 0.243 e. The summed E-state index contributed by atoms with van der Waals surface area (Å²) in [6.07, 6.45) is 0. The minimum Gasteiger partial charge on any atom is -0.497 e. The highest BCUT2D eigenvalue weighted by atomic mass is 35.5. The van der Waals surface area contributed by atoms with Crippen molar-refractivity contribution in [3.05, 3.63) is 59.4 Å². The summed E-state index contributed by atoms with van der Waals surface area (Å²) < 4.78 is 37.7. The van der Waals surface area contributed by atoms with Crippen LogP contribution in [0.15, 0.2) is 57.9 Å². The first-order valence-corrected chi connectivity index (χ1v) is 11.2. The van der Waals surface area contributed by atoms with E-state index >= 15 is 0 Å². The van der Waals surface area contributed by atoms with E-state index in [1.165, 1.54) is 4.31 Å². The summed E-state index contributed by atoms with van der Waals surface area (Å²) in [5.41, 5.74) is 0.824. The van der Waals surface area contributed by atoms with E-state index in [1.54, 1.807) is 43.5 Å². The molecule has 2 heterocycles. The highest BCUT2D eigenvalue weighted by Gasteiger charge is 2.29. The first kappa shape index (κ1) is 20.8. The predicted molar refractivity (Wildman–Crippen MR) is 112 cm³/mol. The number of nitrogens with zero attached hydrogens (tertiary/aromatic N) is 4. The van der Waals surface area contributed by atoms with Crippen molar-refractivity contribution in [2.75, 3.05) is 33.3 Å². The molecule has 0 radical (unpaired) electrons. The van der Waals surface area contributed by atoms with Gasteiger partial charge < -0.3 is 9.26 Å². The minimum absolute atomic E-state index is 0.265. The van der Waals surface area contributed by atoms with Crippen molar-refractivity contribution in [1.82, 2.24) is 19.3 Å². The van der Waals surface area contributed by atoms with Gasteiger partial charge in [-0.15, -0.1) is 0 Å². The molecule has 0 aliphatic carbocycles. The van der Waals surface area contributed by atoms with Crippen molar-refractivity contribution >= 4 is 21.6 Å². The summed E-state index contributed by atoms with van der Waals surface area (Å²) in [7, 11) is -1.98. The summed E-state index contributed by atoms with van der Waals surface area (Å²) in [6, 6.07) is 13.6. The molecule has 0 saturated carbocycles. The fourth-order valence-corrected chi connectivity index (χ4v) is 4.80. The van der Waals surface area contributed by atoms with Gasteiger partial charge in [0.15, 0.2) is 0 Å². The Bertz CT molecular complexity index is 1090. The third kappa shape index (κ3) is 4.49. The monoisotopic (exact) mass is 448 g/mol. The summed E-state index contributed by atoms with van der Waals surface area (Å²) in [6.45, 7) is 2.41. The Labute approximate surface area is 180 Å². The van der Waals surface area contributed by atoms with Crippen LogP contribution in [0.5, 0.6) is 5.75 Å². The van der Waals surface area contributed by atoms with Gasteiger partial charge in [0, 0.05) is 36.8 Å². The van der Waals surface area contributed by atoms with Crippen molar-refractivity contribution in [1.29, 1.82) is 0 Å². The zero-order chi connectivity index (χ0) is 21.1. The first-order valence-electron chi connectivity index (χ1n) is 9.41. The number of benzene rings is 2. The van der Waals surface area contributed by atoms with Crippen LogP contribution < -0.4 is 4.74 Å². The number of hydrogen-bond donors (Lipinski definition) is 0. The average molecular weight is 449 g/mol. The van der Waals surface area contributed by atoms with Gasteiger partial charge in [0.1, 0.15) is 5.75 Å². The Morgan fingerprint density at radius 2 is 1.70 bits per heavy atom. The zero-order valence-electron chi connectivity index (χ0n) is 16.4. The molecule has 3 aromatic rings. The predicted octanol–water partition coefficient (Wildman–Crippen LogP) is 2.91. The fourth-order valence-electron chi connectivity index (χ4n) is 3.25. The topological polar surface area (TPSA) is 88.8 Å². The zero-order valence-corrected chi connectivity index (χ0v) is 17.9. The number of methoxy groups -OCH3 is 1. The summed E-state index contributed by atoms with van der Waals surface area (Å²) in [5.74, 6) is 1.62. The van der Waals surface area contributed by atoms with Gasteiger partial charge in [-0.05, 0) is 48.5 Å². The van der Waals surface area contributed by atoms with E-state index in [9.17, 15) is 8.42 Å².